The van der Waals surface area contributed by atoms with Gasteiger partial charge in [0.05, 0.1) is 0 Å². The summed E-state index contributed by atoms with van der Waals surface area (Å²) in [5.74, 6) is -1.77. The molecule has 0 aromatic rings. The Balaban J connectivity index is -0.000000926. The summed E-state index contributed by atoms with van der Waals surface area (Å²) >= 11 is 0. The average Bonchev–Trinajstić information content (AvgIpc) is 3.12. The van der Waals surface area contributed by atoms with E-state index in [-0.39, 0.29) is 62.7 Å². The quantitative estimate of drug-likeness (QED) is 0.0455. The van der Waals surface area contributed by atoms with E-state index in [1.54, 1.807) is 0 Å². The van der Waals surface area contributed by atoms with Crippen molar-refractivity contribution < 1.29 is 19.8 Å². The molecule has 0 aliphatic rings. The SMILES string of the molecule is CCCCCCCCN(CCCCCCCC)C(CCCC)CC(=O)[O-].CCCCCCCCN(CCCCCCCC)C(CCCC)CC(=O)[O-].[Ca+2]. The third kappa shape index (κ3) is 41.6. The van der Waals surface area contributed by atoms with Crippen LogP contribution in [-0.2, 0) is 9.59 Å². The number of rotatable bonds is 40. The molecule has 0 aromatic heterocycles. The molecule has 312 valence electrons. The third-order valence-corrected chi connectivity index (χ3v) is 10.8. The molecule has 0 spiro atoms. The summed E-state index contributed by atoms with van der Waals surface area (Å²) < 4.78 is 0. The first-order valence-electron chi connectivity index (χ1n) is 23.2. The van der Waals surface area contributed by atoms with Gasteiger partial charge < -0.3 is 29.6 Å². The fourth-order valence-corrected chi connectivity index (χ4v) is 7.43. The molecule has 0 radical (unpaired) electrons. The second-order valence-electron chi connectivity index (χ2n) is 15.9. The number of hydrogen-bond donors (Lipinski definition) is 0. The maximum Gasteiger partial charge on any atom is 2.00 e. The molecular weight excluding hydrogens is 685 g/mol. The molecule has 0 amide bonds. The van der Waals surface area contributed by atoms with Gasteiger partial charge in [-0.15, -0.1) is 0 Å². The van der Waals surface area contributed by atoms with Gasteiger partial charge in [0, 0.05) is 36.9 Å². The first kappa shape index (κ1) is 57.4. The number of hydrogen-bond acceptors (Lipinski definition) is 6. The first-order chi connectivity index (χ1) is 25.3. The predicted molar refractivity (Wildman–Crippen MR) is 228 cm³/mol. The molecule has 0 saturated heterocycles. The number of carboxylic acid groups (broad SMARTS) is 2. The van der Waals surface area contributed by atoms with Gasteiger partial charge in [0.25, 0.3) is 0 Å². The second-order valence-corrected chi connectivity index (χ2v) is 15.9. The fourth-order valence-electron chi connectivity index (χ4n) is 7.43. The summed E-state index contributed by atoms with van der Waals surface area (Å²) in [5.41, 5.74) is 0. The number of carbonyl (C=O) groups excluding carboxylic acids is 2. The molecule has 0 aliphatic heterocycles. The first-order valence-corrected chi connectivity index (χ1v) is 23.2. The van der Waals surface area contributed by atoms with Crippen LogP contribution in [-0.4, -0.2) is 97.7 Å². The van der Waals surface area contributed by atoms with Crippen molar-refractivity contribution in [1.29, 1.82) is 0 Å². The zero-order valence-corrected chi connectivity index (χ0v) is 39.1. The number of unbranched alkanes of at least 4 members (excludes halogenated alkanes) is 22. The summed E-state index contributed by atoms with van der Waals surface area (Å²) in [5, 5.41) is 22.5. The summed E-state index contributed by atoms with van der Waals surface area (Å²) in [6.07, 6.45) is 37.9. The van der Waals surface area contributed by atoms with Crippen molar-refractivity contribution in [3.05, 3.63) is 0 Å². The van der Waals surface area contributed by atoms with Crippen molar-refractivity contribution in [2.24, 2.45) is 0 Å². The molecule has 0 N–H and O–H groups in total. The normalized spacial score (nSPS) is 12.4. The summed E-state index contributed by atoms with van der Waals surface area (Å²) in [7, 11) is 0. The molecule has 53 heavy (non-hydrogen) atoms. The van der Waals surface area contributed by atoms with E-state index >= 15 is 0 Å². The van der Waals surface area contributed by atoms with Gasteiger partial charge in [-0.05, 0) is 64.7 Å². The molecule has 6 nitrogen and oxygen atoms in total. The zero-order valence-electron chi connectivity index (χ0n) is 36.8. The van der Waals surface area contributed by atoms with Crippen LogP contribution in [0.15, 0.2) is 0 Å². The van der Waals surface area contributed by atoms with Gasteiger partial charge in [-0.3, -0.25) is 0 Å². The van der Waals surface area contributed by atoms with Crippen LogP contribution < -0.4 is 10.2 Å². The Hall–Kier alpha value is 0.120. The van der Waals surface area contributed by atoms with Crippen LogP contribution in [0.1, 0.15) is 247 Å². The Morgan fingerprint density at radius 3 is 0.774 bits per heavy atom. The zero-order chi connectivity index (χ0) is 38.9. The predicted octanol–water partition coefficient (Wildman–Crippen LogP) is 11.0. The Bertz CT molecular complexity index is 648. The molecule has 0 saturated carbocycles. The Kier molecular flexibility index (Phi) is 50.4. The monoisotopic (exact) mass is 777 g/mol. The standard InChI is InChI=1S/2C23H47NO2.Ca/c2*1-4-7-10-12-14-16-19-24(20-17-15-13-11-8-5-2)22(18-9-6-3)21-23(25)26;/h2*22H,4-21H2,1-3H3,(H,25,26);/q;;+2/p-2. The van der Waals surface area contributed by atoms with Crippen molar-refractivity contribution >= 4 is 49.7 Å². The van der Waals surface area contributed by atoms with Crippen molar-refractivity contribution in [1.82, 2.24) is 9.80 Å². The van der Waals surface area contributed by atoms with Crippen LogP contribution in [0.3, 0.4) is 0 Å². The summed E-state index contributed by atoms with van der Waals surface area (Å²) in [6.45, 7) is 17.6. The fraction of sp³-hybridized carbons (Fsp3) is 0.957. The van der Waals surface area contributed by atoms with Crippen LogP contribution in [0.4, 0.5) is 0 Å². The van der Waals surface area contributed by atoms with Crippen LogP contribution in [0.5, 0.6) is 0 Å². The van der Waals surface area contributed by atoms with Crippen molar-refractivity contribution in [2.75, 3.05) is 26.2 Å². The largest absolute Gasteiger partial charge is 2.00 e. The molecule has 0 bridgehead atoms. The Morgan fingerprint density at radius 2 is 0.566 bits per heavy atom. The molecule has 0 fully saturated rings. The Labute approximate surface area is 362 Å². The minimum Gasteiger partial charge on any atom is -0.550 e. The minimum absolute atomic E-state index is 0. The van der Waals surface area contributed by atoms with E-state index in [9.17, 15) is 19.8 Å². The molecule has 0 rings (SSSR count). The Morgan fingerprint density at radius 1 is 0.358 bits per heavy atom. The molecular formula is C46H92CaN2O4. The number of carbonyl (C=O) groups is 2. The molecule has 0 aliphatic carbocycles. The van der Waals surface area contributed by atoms with Gasteiger partial charge in [0.15, 0.2) is 0 Å². The van der Waals surface area contributed by atoms with Crippen molar-refractivity contribution in [3.63, 3.8) is 0 Å². The molecule has 2 atom stereocenters. The van der Waals surface area contributed by atoms with Gasteiger partial charge >= 0.3 is 37.7 Å². The van der Waals surface area contributed by atoms with E-state index < -0.39 is 11.9 Å². The van der Waals surface area contributed by atoms with Crippen molar-refractivity contribution in [2.45, 2.75) is 259 Å². The smallest absolute Gasteiger partial charge is 0.550 e. The van der Waals surface area contributed by atoms with E-state index in [1.165, 1.54) is 154 Å². The van der Waals surface area contributed by atoms with E-state index in [1.807, 2.05) is 0 Å². The molecule has 2 unspecified atom stereocenters. The van der Waals surface area contributed by atoms with Gasteiger partial charge in [-0.25, -0.2) is 0 Å². The molecule has 0 aromatic carbocycles. The second kappa shape index (κ2) is 46.5. The summed E-state index contributed by atoms with van der Waals surface area (Å²) in [6, 6.07) is 0.345. The average molecular weight is 777 g/mol. The van der Waals surface area contributed by atoms with Gasteiger partial charge in [-0.2, -0.15) is 0 Å². The molecule has 0 heterocycles. The van der Waals surface area contributed by atoms with Crippen LogP contribution in [0.2, 0.25) is 0 Å². The number of carboxylic acids is 2. The van der Waals surface area contributed by atoms with Gasteiger partial charge in [-0.1, -0.05) is 196 Å². The topological polar surface area (TPSA) is 86.7 Å². The summed E-state index contributed by atoms with van der Waals surface area (Å²) in [4.78, 5) is 27.4. The van der Waals surface area contributed by atoms with Gasteiger partial charge in [0.2, 0.25) is 0 Å². The van der Waals surface area contributed by atoms with E-state index in [4.69, 9.17) is 0 Å². The van der Waals surface area contributed by atoms with Gasteiger partial charge in [0.1, 0.15) is 0 Å². The third-order valence-electron chi connectivity index (χ3n) is 10.8. The maximum absolute atomic E-state index is 11.2. The number of nitrogens with zero attached hydrogens (tertiary/aromatic N) is 2. The van der Waals surface area contributed by atoms with Crippen LogP contribution >= 0.6 is 0 Å². The number of aliphatic carboxylic acids is 2. The minimum atomic E-state index is -0.887. The maximum atomic E-state index is 11.2. The van der Waals surface area contributed by atoms with Crippen molar-refractivity contribution in [3.8, 4) is 0 Å². The van der Waals surface area contributed by atoms with Crippen LogP contribution in [0.25, 0.3) is 0 Å². The van der Waals surface area contributed by atoms with Crippen LogP contribution in [0, 0.1) is 0 Å². The molecule has 7 heteroatoms. The van der Waals surface area contributed by atoms with E-state index in [0.29, 0.717) is 0 Å². The van der Waals surface area contributed by atoms with E-state index in [2.05, 4.69) is 51.3 Å². The van der Waals surface area contributed by atoms with E-state index in [0.717, 1.165) is 64.7 Å².